The second kappa shape index (κ2) is 7.94. The summed E-state index contributed by atoms with van der Waals surface area (Å²) in [6, 6.07) is 25.8. The number of fused-ring (bicyclic) bond motifs is 2. The Bertz CT molecular complexity index is 1250. The highest BCUT2D eigenvalue weighted by Crippen LogP contribution is 2.66. The SMILES string of the molecule is C[C@H]1[C@@H](c2ccccc2)O[C@]23O[C@@H](c4cccc([N+](=O)[O-])c4)[C@H](C(=O)N12)[C@H](c1ccccc1)S3. The minimum absolute atomic E-state index is 0.0314. The van der Waals surface area contributed by atoms with E-state index in [2.05, 4.69) is 0 Å². The molecule has 4 aliphatic rings. The van der Waals surface area contributed by atoms with Crippen molar-refractivity contribution in [3.63, 3.8) is 0 Å². The summed E-state index contributed by atoms with van der Waals surface area (Å²) in [6.45, 7) is 1.98. The highest BCUT2D eigenvalue weighted by atomic mass is 32.2. The van der Waals surface area contributed by atoms with Crippen LogP contribution in [0.4, 0.5) is 5.69 Å². The molecule has 1 spiro atoms. The maximum Gasteiger partial charge on any atom is 0.309 e. The molecule has 2 bridgehead atoms. The number of nitro benzene ring substituents is 1. The van der Waals surface area contributed by atoms with E-state index in [9.17, 15) is 14.9 Å². The molecule has 4 saturated heterocycles. The van der Waals surface area contributed by atoms with Crippen molar-refractivity contribution >= 4 is 23.4 Å². The van der Waals surface area contributed by atoms with Crippen molar-refractivity contribution in [2.75, 3.05) is 0 Å². The standard InChI is InChI=1S/C26H22N2O5S/c1-16-22(17-9-4-2-5-10-17)32-26-27(16)25(29)21(24(34-26)18-11-6-3-7-12-18)23(33-26)19-13-8-14-20(15-19)28(30)31/h2-16,21-24H,1H3/t16-,21-,22-,23-,24-,26-/m0/s1. The summed E-state index contributed by atoms with van der Waals surface area (Å²) in [5.41, 5.74) is 2.55. The Labute approximate surface area is 200 Å². The van der Waals surface area contributed by atoms with Gasteiger partial charge in [-0.3, -0.25) is 19.8 Å². The fourth-order valence-corrected chi connectivity index (χ4v) is 6.99. The fraction of sp³-hybridized carbons (Fsp3) is 0.269. The van der Waals surface area contributed by atoms with Gasteiger partial charge in [0.25, 0.3) is 5.69 Å². The number of amides is 1. The molecule has 0 N–H and O–H groups in total. The zero-order valence-corrected chi connectivity index (χ0v) is 19.1. The quantitative estimate of drug-likeness (QED) is 0.374. The molecule has 8 heteroatoms. The molecule has 34 heavy (non-hydrogen) atoms. The predicted octanol–water partition coefficient (Wildman–Crippen LogP) is 5.37. The summed E-state index contributed by atoms with van der Waals surface area (Å²) in [5.74, 6) is -0.599. The van der Waals surface area contributed by atoms with Gasteiger partial charge in [-0.1, -0.05) is 84.6 Å². The first-order chi connectivity index (χ1) is 16.5. The minimum Gasteiger partial charge on any atom is -0.315 e. The Morgan fingerprint density at radius 3 is 2.18 bits per heavy atom. The maximum absolute atomic E-state index is 14.1. The number of hydrogen-bond donors (Lipinski definition) is 0. The maximum atomic E-state index is 14.1. The molecule has 0 radical (unpaired) electrons. The van der Waals surface area contributed by atoms with E-state index in [4.69, 9.17) is 9.47 Å². The fourth-order valence-electron chi connectivity index (χ4n) is 5.28. The molecule has 4 aliphatic heterocycles. The van der Waals surface area contributed by atoms with Gasteiger partial charge >= 0.3 is 5.24 Å². The van der Waals surface area contributed by atoms with Crippen LogP contribution in [0.3, 0.4) is 0 Å². The summed E-state index contributed by atoms with van der Waals surface area (Å²) in [4.78, 5) is 26.8. The van der Waals surface area contributed by atoms with Crippen molar-refractivity contribution in [2.45, 2.75) is 35.7 Å². The average molecular weight is 475 g/mol. The van der Waals surface area contributed by atoms with E-state index in [0.29, 0.717) is 5.56 Å². The van der Waals surface area contributed by atoms with Crippen LogP contribution in [0, 0.1) is 16.0 Å². The van der Waals surface area contributed by atoms with Gasteiger partial charge in [-0.15, -0.1) is 0 Å². The lowest BCUT2D eigenvalue weighted by Gasteiger charge is -2.55. The van der Waals surface area contributed by atoms with Gasteiger partial charge < -0.3 is 9.47 Å². The van der Waals surface area contributed by atoms with E-state index >= 15 is 0 Å². The number of non-ortho nitro benzene ring substituents is 1. The molecule has 0 aromatic heterocycles. The Hall–Kier alpha value is -3.20. The van der Waals surface area contributed by atoms with Gasteiger partial charge in [-0.25, -0.2) is 0 Å². The molecule has 3 aromatic rings. The monoisotopic (exact) mass is 474 g/mol. The average Bonchev–Trinajstić information content (AvgIpc) is 3.17. The number of rotatable bonds is 4. The number of carbonyl (C=O) groups excluding carboxylic acids is 1. The van der Waals surface area contributed by atoms with E-state index in [0.717, 1.165) is 11.1 Å². The lowest BCUT2D eigenvalue weighted by atomic mass is 9.86. The first kappa shape index (κ1) is 21.3. The van der Waals surface area contributed by atoms with Crippen LogP contribution < -0.4 is 0 Å². The van der Waals surface area contributed by atoms with Gasteiger partial charge in [-0.2, -0.15) is 0 Å². The van der Waals surface area contributed by atoms with Crippen molar-refractivity contribution < 1.29 is 19.2 Å². The number of thioether (sulfide) groups is 1. The predicted molar refractivity (Wildman–Crippen MR) is 126 cm³/mol. The highest BCUT2D eigenvalue weighted by molar-refractivity contribution is 8.00. The topological polar surface area (TPSA) is 81.9 Å². The molecule has 7 nitrogen and oxygen atoms in total. The second-order valence-electron chi connectivity index (χ2n) is 8.79. The van der Waals surface area contributed by atoms with Crippen LogP contribution in [0.25, 0.3) is 0 Å². The molecule has 6 atom stereocenters. The molecular weight excluding hydrogens is 452 g/mol. The van der Waals surface area contributed by atoms with Crippen LogP contribution in [0.1, 0.15) is 41.1 Å². The van der Waals surface area contributed by atoms with Crippen molar-refractivity contribution in [2.24, 2.45) is 5.92 Å². The van der Waals surface area contributed by atoms with Gasteiger partial charge in [0.15, 0.2) is 0 Å². The van der Waals surface area contributed by atoms with E-state index in [-0.39, 0.29) is 29.0 Å². The van der Waals surface area contributed by atoms with E-state index in [1.165, 1.54) is 23.9 Å². The Morgan fingerprint density at radius 1 is 0.882 bits per heavy atom. The first-order valence-electron chi connectivity index (χ1n) is 11.2. The molecule has 7 rings (SSSR count). The van der Waals surface area contributed by atoms with Crippen LogP contribution in [0.15, 0.2) is 84.9 Å². The number of ether oxygens (including phenoxy) is 2. The molecule has 3 aromatic carbocycles. The lowest BCUT2D eigenvalue weighted by Crippen LogP contribution is -2.63. The molecule has 0 unspecified atom stereocenters. The minimum atomic E-state index is -1.32. The Kier molecular flexibility index (Phi) is 4.98. The third-order valence-electron chi connectivity index (χ3n) is 6.81. The lowest BCUT2D eigenvalue weighted by molar-refractivity contribution is -0.385. The van der Waals surface area contributed by atoms with E-state index in [1.807, 2.05) is 67.6 Å². The van der Waals surface area contributed by atoms with Crippen LogP contribution in [0.5, 0.6) is 0 Å². The Morgan fingerprint density at radius 2 is 1.50 bits per heavy atom. The molecule has 1 amide bonds. The normalized spacial score (nSPS) is 32.0. The van der Waals surface area contributed by atoms with Gasteiger partial charge in [0, 0.05) is 12.1 Å². The van der Waals surface area contributed by atoms with Gasteiger partial charge in [-0.05, 0) is 23.6 Å². The van der Waals surface area contributed by atoms with Gasteiger partial charge in [0.2, 0.25) is 5.91 Å². The summed E-state index contributed by atoms with van der Waals surface area (Å²) >= 11 is 1.49. The summed E-state index contributed by atoms with van der Waals surface area (Å²) in [5, 5.41) is 9.90. The largest absolute Gasteiger partial charge is 0.315 e. The number of carbonyl (C=O) groups is 1. The van der Waals surface area contributed by atoms with Crippen LogP contribution in [-0.4, -0.2) is 27.0 Å². The molecule has 0 saturated carbocycles. The third kappa shape index (κ3) is 3.17. The van der Waals surface area contributed by atoms with Crippen molar-refractivity contribution in [1.29, 1.82) is 0 Å². The first-order valence-corrected chi connectivity index (χ1v) is 12.1. The van der Waals surface area contributed by atoms with E-state index < -0.39 is 22.2 Å². The second-order valence-corrected chi connectivity index (χ2v) is 10.0. The Balaban J connectivity index is 1.47. The molecular formula is C26H22N2O5S. The van der Waals surface area contributed by atoms with Crippen LogP contribution in [0.2, 0.25) is 0 Å². The number of hydrogen-bond acceptors (Lipinski definition) is 6. The van der Waals surface area contributed by atoms with Gasteiger partial charge in [0.05, 0.1) is 22.1 Å². The molecule has 0 aliphatic carbocycles. The number of nitrogens with zero attached hydrogens (tertiary/aromatic N) is 2. The van der Waals surface area contributed by atoms with Crippen molar-refractivity contribution in [3.8, 4) is 0 Å². The highest BCUT2D eigenvalue weighted by Gasteiger charge is 2.69. The van der Waals surface area contributed by atoms with E-state index in [1.54, 1.807) is 17.0 Å². The molecule has 172 valence electrons. The smallest absolute Gasteiger partial charge is 0.309 e. The van der Waals surface area contributed by atoms with Gasteiger partial charge in [0.1, 0.15) is 12.2 Å². The summed E-state index contributed by atoms with van der Waals surface area (Å²) in [7, 11) is 0. The van der Waals surface area contributed by atoms with Crippen molar-refractivity contribution in [1.82, 2.24) is 4.90 Å². The number of benzene rings is 3. The van der Waals surface area contributed by atoms with Crippen LogP contribution in [-0.2, 0) is 14.3 Å². The zero-order valence-electron chi connectivity index (χ0n) is 18.3. The summed E-state index contributed by atoms with van der Waals surface area (Å²) in [6.07, 6.45) is -1.02. The zero-order chi connectivity index (χ0) is 23.4. The molecule has 4 fully saturated rings. The van der Waals surface area contributed by atoms with Crippen molar-refractivity contribution in [3.05, 3.63) is 112 Å². The summed E-state index contributed by atoms with van der Waals surface area (Å²) < 4.78 is 13.2. The molecule has 4 heterocycles. The number of nitro groups is 1. The third-order valence-corrected chi connectivity index (χ3v) is 8.32. The van der Waals surface area contributed by atoms with Crippen LogP contribution >= 0.6 is 11.8 Å².